The standard InChI is InChI=1S/C20H22F2N8O/c1-11(31)25-16-6-14-13(7-24-16)18(29-9-12-8-28(3)15(12)10-29)27-30(14)17-4-5-23-19(26-17)20(2,21)22/h4-7,12,15H,8-10H2,1-3H3,(H,24,25,31)/t12-,15+/m1/s1. The van der Waals surface area contributed by atoms with Crippen LogP contribution < -0.4 is 10.2 Å². The number of alkyl halides is 2. The maximum atomic E-state index is 13.8. The van der Waals surface area contributed by atoms with E-state index in [0.717, 1.165) is 37.8 Å². The molecule has 0 aliphatic carbocycles. The van der Waals surface area contributed by atoms with Gasteiger partial charge < -0.3 is 15.1 Å². The zero-order valence-corrected chi connectivity index (χ0v) is 17.4. The predicted octanol–water partition coefficient (Wildman–Crippen LogP) is 2.03. The number of fused-ring (bicyclic) bond motifs is 2. The topological polar surface area (TPSA) is 92.1 Å². The highest BCUT2D eigenvalue weighted by molar-refractivity contribution is 5.95. The summed E-state index contributed by atoms with van der Waals surface area (Å²) in [6.45, 7) is 4.91. The number of likely N-dealkylation sites (tertiary alicyclic amines) is 1. The summed E-state index contributed by atoms with van der Waals surface area (Å²) in [6.07, 6.45) is 2.95. The van der Waals surface area contributed by atoms with E-state index in [9.17, 15) is 13.6 Å². The molecule has 2 aliphatic heterocycles. The normalized spacial score (nSPS) is 21.3. The number of likely N-dealkylation sites (N-methyl/N-ethyl adjacent to an activating group) is 1. The maximum Gasteiger partial charge on any atom is 0.303 e. The van der Waals surface area contributed by atoms with Gasteiger partial charge in [0.25, 0.3) is 0 Å². The van der Waals surface area contributed by atoms with Gasteiger partial charge in [0.15, 0.2) is 11.6 Å². The monoisotopic (exact) mass is 428 g/mol. The van der Waals surface area contributed by atoms with Crippen molar-refractivity contribution in [2.45, 2.75) is 25.8 Å². The van der Waals surface area contributed by atoms with Crippen molar-refractivity contribution in [3.05, 3.63) is 30.4 Å². The summed E-state index contributed by atoms with van der Waals surface area (Å²) < 4.78 is 29.2. The summed E-state index contributed by atoms with van der Waals surface area (Å²) in [4.78, 5) is 28.1. The number of hydrogen-bond acceptors (Lipinski definition) is 7. The van der Waals surface area contributed by atoms with Gasteiger partial charge in [-0.05, 0) is 7.05 Å². The third-order valence-electron chi connectivity index (χ3n) is 5.90. The molecular formula is C20H22F2N8O. The number of carbonyl (C=O) groups excluding carboxylic acids is 1. The molecule has 0 saturated carbocycles. The van der Waals surface area contributed by atoms with Crippen LogP contribution in [0.2, 0.25) is 0 Å². The summed E-state index contributed by atoms with van der Waals surface area (Å²) in [5, 5.41) is 8.16. The molecule has 1 N–H and O–H groups in total. The van der Waals surface area contributed by atoms with Crippen LogP contribution in [0.5, 0.6) is 0 Å². The van der Waals surface area contributed by atoms with Gasteiger partial charge in [0.1, 0.15) is 5.82 Å². The SMILES string of the molecule is CC(=O)Nc1cc2c(cn1)c(N1C[C@H]3CN(C)[C@H]3C1)nn2-c1ccnc(C(C)(F)F)n1. The first-order valence-corrected chi connectivity index (χ1v) is 10.0. The van der Waals surface area contributed by atoms with Crippen molar-refractivity contribution in [1.29, 1.82) is 0 Å². The number of hydrogen-bond donors (Lipinski definition) is 1. The fraction of sp³-hybridized carbons (Fsp3) is 0.450. The van der Waals surface area contributed by atoms with Gasteiger partial charge in [0, 0.05) is 70.0 Å². The lowest BCUT2D eigenvalue weighted by Gasteiger charge is -2.40. The molecule has 0 radical (unpaired) electrons. The van der Waals surface area contributed by atoms with Crippen LogP contribution in [-0.4, -0.2) is 68.3 Å². The van der Waals surface area contributed by atoms with Gasteiger partial charge in [-0.3, -0.25) is 4.79 Å². The van der Waals surface area contributed by atoms with Crippen molar-refractivity contribution in [3.8, 4) is 5.82 Å². The van der Waals surface area contributed by atoms with Gasteiger partial charge >= 0.3 is 5.92 Å². The summed E-state index contributed by atoms with van der Waals surface area (Å²) in [6, 6.07) is 3.69. The number of rotatable bonds is 4. The van der Waals surface area contributed by atoms with Gasteiger partial charge in [0.05, 0.1) is 10.9 Å². The Morgan fingerprint density at radius 3 is 2.74 bits per heavy atom. The number of pyridine rings is 1. The second-order valence-corrected chi connectivity index (χ2v) is 8.30. The Kier molecular flexibility index (Phi) is 4.40. The molecule has 0 unspecified atom stereocenters. The molecule has 0 bridgehead atoms. The van der Waals surface area contributed by atoms with Gasteiger partial charge in [-0.25, -0.2) is 19.6 Å². The molecule has 11 heteroatoms. The Labute approximate surface area is 177 Å². The lowest BCUT2D eigenvalue weighted by molar-refractivity contribution is -0.114. The van der Waals surface area contributed by atoms with Crippen LogP contribution in [0.3, 0.4) is 0 Å². The van der Waals surface area contributed by atoms with Crippen LogP contribution in [0, 0.1) is 5.92 Å². The molecular weight excluding hydrogens is 406 g/mol. The Balaban J connectivity index is 1.63. The molecule has 9 nitrogen and oxygen atoms in total. The molecule has 3 aromatic heterocycles. The minimum absolute atomic E-state index is 0.224. The molecule has 2 saturated heterocycles. The Morgan fingerprint density at radius 1 is 1.26 bits per heavy atom. The average molecular weight is 428 g/mol. The van der Waals surface area contributed by atoms with E-state index in [0.29, 0.717) is 23.3 Å². The molecule has 3 aromatic rings. The molecule has 2 aliphatic rings. The van der Waals surface area contributed by atoms with Gasteiger partial charge in [-0.2, -0.15) is 8.78 Å². The Morgan fingerprint density at radius 2 is 2.06 bits per heavy atom. The second kappa shape index (κ2) is 6.91. The molecule has 31 heavy (non-hydrogen) atoms. The molecule has 5 rings (SSSR count). The first kappa shape index (κ1) is 19.7. The zero-order chi connectivity index (χ0) is 21.9. The van der Waals surface area contributed by atoms with Crippen LogP contribution >= 0.6 is 0 Å². The number of nitrogens with zero attached hydrogens (tertiary/aromatic N) is 7. The predicted molar refractivity (Wildman–Crippen MR) is 110 cm³/mol. The van der Waals surface area contributed by atoms with Crippen molar-refractivity contribution in [1.82, 2.24) is 29.6 Å². The molecule has 5 heterocycles. The molecule has 1 amide bonds. The highest BCUT2D eigenvalue weighted by Crippen LogP contribution is 2.37. The number of aromatic nitrogens is 5. The third-order valence-corrected chi connectivity index (χ3v) is 5.90. The lowest BCUT2D eigenvalue weighted by Crippen LogP contribution is -2.52. The van der Waals surface area contributed by atoms with E-state index >= 15 is 0 Å². The number of amides is 1. The van der Waals surface area contributed by atoms with E-state index in [1.54, 1.807) is 12.3 Å². The van der Waals surface area contributed by atoms with Crippen LogP contribution in [0.1, 0.15) is 19.7 Å². The minimum atomic E-state index is -3.18. The van der Waals surface area contributed by atoms with Crippen molar-refractivity contribution in [2.24, 2.45) is 5.92 Å². The van der Waals surface area contributed by atoms with Crippen LogP contribution in [0.25, 0.3) is 16.7 Å². The van der Waals surface area contributed by atoms with E-state index in [1.807, 2.05) is 0 Å². The molecule has 0 spiro atoms. The van der Waals surface area contributed by atoms with Crippen molar-refractivity contribution >= 4 is 28.4 Å². The molecule has 2 fully saturated rings. The van der Waals surface area contributed by atoms with Crippen molar-refractivity contribution in [2.75, 3.05) is 36.9 Å². The smallest absolute Gasteiger partial charge is 0.303 e. The molecule has 2 atom stereocenters. The number of anilines is 2. The average Bonchev–Trinajstić information content (AvgIpc) is 3.24. The van der Waals surface area contributed by atoms with Gasteiger partial charge in [-0.15, -0.1) is 5.10 Å². The van der Waals surface area contributed by atoms with Crippen LogP contribution in [0.4, 0.5) is 20.4 Å². The van der Waals surface area contributed by atoms with E-state index in [-0.39, 0.29) is 11.7 Å². The fourth-order valence-electron chi connectivity index (χ4n) is 4.40. The highest BCUT2D eigenvalue weighted by atomic mass is 19.3. The highest BCUT2D eigenvalue weighted by Gasteiger charge is 2.44. The number of halogens is 2. The first-order valence-electron chi connectivity index (χ1n) is 10.0. The van der Waals surface area contributed by atoms with Crippen LogP contribution in [0.15, 0.2) is 24.5 Å². The molecule has 162 valence electrons. The summed E-state index contributed by atoms with van der Waals surface area (Å²) >= 11 is 0. The van der Waals surface area contributed by atoms with E-state index in [2.05, 4.69) is 37.1 Å². The maximum absolute atomic E-state index is 13.8. The second-order valence-electron chi connectivity index (χ2n) is 8.30. The third kappa shape index (κ3) is 3.38. The number of carbonyl (C=O) groups is 1. The summed E-state index contributed by atoms with van der Waals surface area (Å²) in [5.41, 5.74) is 0.616. The molecule has 0 aromatic carbocycles. The van der Waals surface area contributed by atoms with Crippen molar-refractivity contribution < 1.29 is 13.6 Å². The van der Waals surface area contributed by atoms with E-state index < -0.39 is 11.7 Å². The van der Waals surface area contributed by atoms with E-state index in [4.69, 9.17) is 5.10 Å². The van der Waals surface area contributed by atoms with E-state index in [1.165, 1.54) is 23.9 Å². The quantitative estimate of drug-likeness (QED) is 0.680. The summed E-state index contributed by atoms with van der Waals surface area (Å²) in [7, 11) is 2.11. The zero-order valence-electron chi connectivity index (χ0n) is 17.4. The minimum Gasteiger partial charge on any atom is -0.353 e. The fourth-order valence-corrected chi connectivity index (χ4v) is 4.40. The number of nitrogens with one attached hydrogen (secondary N) is 1. The Bertz CT molecular complexity index is 1170. The Hall–Kier alpha value is -3.21. The lowest BCUT2D eigenvalue weighted by atomic mass is 9.93. The summed E-state index contributed by atoms with van der Waals surface area (Å²) in [5.74, 6) is -2.13. The van der Waals surface area contributed by atoms with Crippen LogP contribution in [-0.2, 0) is 10.7 Å². The van der Waals surface area contributed by atoms with Crippen molar-refractivity contribution in [3.63, 3.8) is 0 Å². The largest absolute Gasteiger partial charge is 0.353 e. The first-order chi connectivity index (χ1) is 14.7. The van der Waals surface area contributed by atoms with Gasteiger partial charge in [-0.1, -0.05) is 0 Å². The van der Waals surface area contributed by atoms with Gasteiger partial charge in [0.2, 0.25) is 11.7 Å².